The summed E-state index contributed by atoms with van der Waals surface area (Å²) < 4.78 is 12.9. The summed E-state index contributed by atoms with van der Waals surface area (Å²) in [6.45, 7) is 10.5. The fraction of sp³-hybridized carbons (Fsp3) is 0.556. The number of pyridine rings is 1. The minimum Gasteiger partial charge on any atom is -0.493 e. The first-order valence-corrected chi connectivity index (χ1v) is 14.1. The molecule has 2 fully saturated rings. The van der Waals surface area contributed by atoms with Crippen molar-refractivity contribution in [3.8, 4) is 27.7 Å². The fourth-order valence-corrected chi connectivity index (χ4v) is 7.26. The summed E-state index contributed by atoms with van der Waals surface area (Å²) in [4.78, 5) is 13.4. The smallest absolute Gasteiger partial charge is 0.197 e. The van der Waals surface area contributed by atoms with Gasteiger partial charge in [-0.25, -0.2) is 14.5 Å². The average Bonchev–Trinajstić information content (AvgIpc) is 3.66. The van der Waals surface area contributed by atoms with Gasteiger partial charge in [0.1, 0.15) is 11.3 Å². The van der Waals surface area contributed by atoms with E-state index >= 15 is 0 Å². The van der Waals surface area contributed by atoms with Crippen LogP contribution in [-0.2, 0) is 4.74 Å². The highest BCUT2D eigenvalue weighted by Gasteiger charge is 2.30. The van der Waals surface area contributed by atoms with Crippen LogP contribution in [0.25, 0.3) is 27.6 Å². The predicted molar refractivity (Wildman–Crippen MR) is 144 cm³/mol. The molecule has 2 aliphatic rings. The molecule has 5 heterocycles. The summed E-state index contributed by atoms with van der Waals surface area (Å²) in [6, 6.07) is 2.69. The minimum absolute atomic E-state index is 0.262. The van der Waals surface area contributed by atoms with E-state index < -0.39 is 0 Å². The van der Waals surface area contributed by atoms with Gasteiger partial charge in [-0.05, 0) is 50.5 Å². The van der Waals surface area contributed by atoms with Crippen molar-refractivity contribution < 1.29 is 9.47 Å². The molecule has 0 bridgehead atoms. The second-order valence-corrected chi connectivity index (χ2v) is 11.5. The van der Waals surface area contributed by atoms with Crippen LogP contribution in [0, 0.1) is 6.92 Å². The van der Waals surface area contributed by atoms with Crippen LogP contribution in [0.1, 0.15) is 67.5 Å². The standard InChI is InChI=1S/C27H35N7O2S/c1-16(2)22-23(19-13-21(35-4)26-28-15-29-34(26)14-19)31-32-24(22)27-30-17(3)25(37-27)18-5-7-20(8-6-18)33-9-11-36-12-10-33/h13-16,18,20H,5-12H2,1-4H3,(H,31,32). The number of nitrogens with one attached hydrogen (secondary N) is 1. The molecule has 9 nitrogen and oxygen atoms in total. The highest BCUT2D eigenvalue weighted by Crippen LogP contribution is 2.43. The van der Waals surface area contributed by atoms with Gasteiger partial charge in [-0.3, -0.25) is 10.00 Å². The van der Waals surface area contributed by atoms with Gasteiger partial charge in [-0.1, -0.05) is 13.8 Å². The van der Waals surface area contributed by atoms with E-state index in [1.807, 2.05) is 23.6 Å². The van der Waals surface area contributed by atoms with E-state index in [1.54, 1.807) is 11.6 Å². The van der Waals surface area contributed by atoms with Gasteiger partial charge in [-0.15, -0.1) is 11.3 Å². The normalized spacial score (nSPS) is 21.2. The van der Waals surface area contributed by atoms with Crippen molar-refractivity contribution in [3.63, 3.8) is 0 Å². The maximum Gasteiger partial charge on any atom is 0.197 e. The molecule has 10 heteroatoms. The Morgan fingerprint density at radius 1 is 1.16 bits per heavy atom. The maximum absolute atomic E-state index is 5.59. The highest BCUT2D eigenvalue weighted by atomic mass is 32.1. The Kier molecular flexibility index (Phi) is 6.73. The van der Waals surface area contributed by atoms with E-state index in [0.29, 0.717) is 23.4 Å². The van der Waals surface area contributed by atoms with Crippen LogP contribution in [0.5, 0.6) is 5.75 Å². The highest BCUT2D eigenvalue weighted by molar-refractivity contribution is 7.15. The van der Waals surface area contributed by atoms with Crippen molar-refractivity contribution in [3.05, 3.63) is 34.7 Å². The van der Waals surface area contributed by atoms with Gasteiger partial charge in [0.2, 0.25) is 0 Å². The molecule has 1 saturated carbocycles. The number of aromatic nitrogens is 6. The Morgan fingerprint density at radius 2 is 1.95 bits per heavy atom. The van der Waals surface area contributed by atoms with Crippen LogP contribution in [0.2, 0.25) is 0 Å². The molecule has 0 radical (unpaired) electrons. The number of morpholine rings is 1. The first-order chi connectivity index (χ1) is 18.0. The Labute approximate surface area is 221 Å². The molecule has 1 aliphatic heterocycles. The molecule has 0 atom stereocenters. The Bertz CT molecular complexity index is 1380. The maximum atomic E-state index is 5.59. The molecule has 4 aromatic rings. The first kappa shape index (κ1) is 24.5. The zero-order valence-corrected chi connectivity index (χ0v) is 22.8. The van der Waals surface area contributed by atoms with Gasteiger partial charge in [0.15, 0.2) is 11.4 Å². The number of ether oxygens (including phenoxy) is 2. The molecule has 4 aromatic heterocycles. The lowest BCUT2D eigenvalue weighted by Gasteiger charge is -2.38. The second kappa shape index (κ2) is 10.2. The topological polar surface area (TPSA) is 93.5 Å². The van der Waals surface area contributed by atoms with Gasteiger partial charge in [0.25, 0.3) is 0 Å². The van der Waals surface area contributed by atoms with Crippen molar-refractivity contribution in [2.24, 2.45) is 0 Å². The summed E-state index contributed by atoms with van der Waals surface area (Å²) in [5, 5.41) is 13.5. The first-order valence-electron chi connectivity index (χ1n) is 13.3. The lowest BCUT2D eigenvalue weighted by Crippen LogP contribution is -2.44. The molecule has 6 rings (SSSR count). The van der Waals surface area contributed by atoms with E-state index in [0.717, 1.165) is 59.5 Å². The van der Waals surface area contributed by atoms with Crippen LogP contribution < -0.4 is 4.74 Å². The number of aryl methyl sites for hydroxylation is 1. The van der Waals surface area contributed by atoms with Gasteiger partial charge < -0.3 is 9.47 Å². The van der Waals surface area contributed by atoms with E-state index in [9.17, 15) is 0 Å². The number of aromatic amines is 1. The number of fused-ring (bicyclic) bond motifs is 1. The zero-order chi connectivity index (χ0) is 25.5. The summed E-state index contributed by atoms with van der Waals surface area (Å²) in [7, 11) is 1.65. The molecule has 0 unspecified atom stereocenters. The number of hydrogen-bond donors (Lipinski definition) is 1. The van der Waals surface area contributed by atoms with Crippen molar-refractivity contribution in [1.29, 1.82) is 0 Å². The molecule has 1 saturated heterocycles. The van der Waals surface area contributed by atoms with Gasteiger partial charge in [-0.2, -0.15) is 10.2 Å². The van der Waals surface area contributed by atoms with Gasteiger partial charge >= 0.3 is 0 Å². The lowest BCUT2D eigenvalue weighted by atomic mass is 9.84. The lowest BCUT2D eigenvalue weighted by molar-refractivity contribution is 0.00735. The molecule has 0 aromatic carbocycles. The van der Waals surface area contributed by atoms with Crippen molar-refractivity contribution in [2.75, 3.05) is 33.4 Å². The Hall–Kier alpha value is -2.82. The molecular formula is C27H35N7O2S. The Morgan fingerprint density at radius 3 is 2.68 bits per heavy atom. The summed E-state index contributed by atoms with van der Waals surface area (Å²) in [6.07, 6.45) is 8.48. The van der Waals surface area contributed by atoms with E-state index in [1.165, 1.54) is 36.9 Å². The molecule has 0 amide bonds. The summed E-state index contributed by atoms with van der Waals surface area (Å²) >= 11 is 1.84. The monoisotopic (exact) mass is 521 g/mol. The number of rotatable bonds is 6. The fourth-order valence-electron chi connectivity index (χ4n) is 6.01. The number of hydrogen-bond acceptors (Lipinski definition) is 8. The van der Waals surface area contributed by atoms with Crippen molar-refractivity contribution >= 4 is 17.0 Å². The number of methoxy groups -OCH3 is 1. The molecular weight excluding hydrogens is 486 g/mol. The van der Waals surface area contributed by atoms with Crippen LogP contribution in [0.3, 0.4) is 0 Å². The Balaban J connectivity index is 1.28. The third kappa shape index (κ3) is 4.55. The van der Waals surface area contributed by atoms with E-state index in [-0.39, 0.29) is 5.92 Å². The number of thiazole rings is 1. The molecule has 0 spiro atoms. The average molecular weight is 522 g/mol. The van der Waals surface area contributed by atoms with E-state index in [4.69, 9.17) is 19.6 Å². The third-order valence-electron chi connectivity index (χ3n) is 7.89. The SMILES string of the molecule is COc1cc(-c2n[nH]c(-c3nc(C)c(C4CCC(N5CCOCC5)CC4)s3)c2C(C)C)cn2ncnc12. The molecule has 1 N–H and O–H groups in total. The minimum atomic E-state index is 0.262. The van der Waals surface area contributed by atoms with Crippen LogP contribution >= 0.6 is 11.3 Å². The molecule has 196 valence electrons. The predicted octanol–water partition coefficient (Wildman–Crippen LogP) is 5.04. The molecule has 37 heavy (non-hydrogen) atoms. The molecule has 1 aliphatic carbocycles. The van der Waals surface area contributed by atoms with Crippen LogP contribution in [-0.4, -0.2) is 74.1 Å². The third-order valence-corrected chi connectivity index (χ3v) is 9.23. The summed E-state index contributed by atoms with van der Waals surface area (Å²) in [5.41, 5.74) is 5.88. The summed E-state index contributed by atoms with van der Waals surface area (Å²) in [5.74, 6) is 1.53. The van der Waals surface area contributed by atoms with Crippen molar-refractivity contribution in [2.45, 2.75) is 64.3 Å². The van der Waals surface area contributed by atoms with Gasteiger partial charge in [0.05, 0.1) is 37.4 Å². The van der Waals surface area contributed by atoms with E-state index in [2.05, 4.69) is 40.9 Å². The zero-order valence-electron chi connectivity index (χ0n) is 22.0. The van der Waals surface area contributed by atoms with Crippen LogP contribution in [0.15, 0.2) is 18.6 Å². The number of nitrogens with zero attached hydrogens (tertiary/aromatic N) is 6. The van der Waals surface area contributed by atoms with Crippen LogP contribution in [0.4, 0.5) is 0 Å². The van der Waals surface area contributed by atoms with Gasteiger partial charge in [0, 0.05) is 41.3 Å². The largest absolute Gasteiger partial charge is 0.493 e. The van der Waals surface area contributed by atoms with Crippen molar-refractivity contribution in [1.82, 2.24) is 34.7 Å². The number of H-pyrrole nitrogens is 1. The second-order valence-electron chi connectivity index (χ2n) is 10.5. The quantitative estimate of drug-likeness (QED) is 0.380.